The van der Waals surface area contributed by atoms with Crippen LogP contribution in [0.3, 0.4) is 0 Å². The third kappa shape index (κ3) is 1.54. The molecular formula is C8H11N3. The summed E-state index contributed by atoms with van der Waals surface area (Å²) in [5.41, 5.74) is 1.25. The molecule has 1 aliphatic rings. The van der Waals surface area contributed by atoms with Crippen molar-refractivity contribution >= 4 is 0 Å². The second-order valence-electron chi connectivity index (χ2n) is 2.98. The lowest BCUT2D eigenvalue weighted by Gasteiger charge is -2.26. The van der Waals surface area contributed by atoms with Crippen molar-refractivity contribution in [3.8, 4) is 0 Å². The Bertz CT molecular complexity index is 218. The van der Waals surface area contributed by atoms with Crippen LogP contribution in [-0.2, 0) is 6.42 Å². The SMILES string of the molecule is c1ncc(CC2CNC2)cn1. The van der Waals surface area contributed by atoms with Crippen molar-refractivity contribution in [3.63, 3.8) is 0 Å². The number of aromatic nitrogens is 2. The summed E-state index contributed by atoms with van der Waals surface area (Å²) in [7, 11) is 0. The average molecular weight is 149 g/mol. The van der Waals surface area contributed by atoms with E-state index < -0.39 is 0 Å². The maximum atomic E-state index is 3.96. The van der Waals surface area contributed by atoms with Crippen LogP contribution >= 0.6 is 0 Å². The highest BCUT2D eigenvalue weighted by atomic mass is 14.9. The van der Waals surface area contributed by atoms with E-state index in [1.807, 2.05) is 12.4 Å². The third-order valence-electron chi connectivity index (χ3n) is 2.00. The van der Waals surface area contributed by atoms with E-state index in [1.54, 1.807) is 6.33 Å². The Balaban J connectivity index is 1.95. The number of nitrogens with one attached hydrogen (secondary N) is 1. The zero-order valence-corrected chi connectivity index (χ0v) is 6.33. The first-order valence-electron chi connectivity index (χ1n) is 3.90. The number of hydrogen-bond donors (Lipinski definition) is 1. The number of rotatable bonds is 2. The van der Waals surface area contributed by atoms with E-state index in [0.29, 0.717) is 0 Å². The van der Waals surface area contributed by atoms with Crippen LogP contribution in [0.5, 0.6) is 0 Å². The van der Waals surface area contributed by atoms with Crippen LogP contribution in [0.2, 0.25) is 0 Å². The van der Waals surface area contributed by atoms with Gasteiger partial charge in [0.25, 0.3) is 0 Å². The smallest absolute Gasteiger partial charge is 0.115 e. The summed E-state index contributed by atoms with van der Waals surface area (Å²) in [5.74, 6) is 0.806. The lowest BCUT2D eigenvalue weighted by Crippen LogP contribution is -2.43. The topological polar surface area (TPSA) is 37.8 Å². The maximum absolute atomic E-state index is 3.96. The summed E-state index contributed by atoms with van der Waals surface area (Å²) in [6.45, 7) is 2.30. The molecule has 11 heavy (non-hydrogen) atoms. The molecule has 0 aliphatic carbocycles. The van der Waals surface area contributed by atoms with E-state index in [1.165, 1.54) is 5.56 Å². The zero-order valence-electron chi connectivity index (χ0n) is 6.33. The van der Waals surface area contributed by atoms with Crippen LogP contribution in [0.15, 0.2) is 18.7 Å². The first kappa shape index (κ1) is 6.73. The minimum absolute atomic E-state index is 0.806. The predicted octanol–water partition coefficient (Wildman–Crippen LogP) is 0.238. The monoisotopic (exact) mass is 149 g/mol. The van der Waals surface area contributed by atoms with Gasteiger partial charge in [-0.3, -0.25) is 0 Å². The molecule has 0 atom stereocenters. The molecule has 1 aromatic heterocycles. The van der Waals surface area contributed by atoms with Crippen molar-refractivity contribution < 1.29 is 0 Å². The van der Waals surface area contributed by atoms with Crippen molar-refractivity contribution in [1.29, 1.82) is 0 Å². The number of nitrogens with zero attached hydrogens (tertiary/aromatic N) is 2. The predicted molar refractivity (Wildman–Crippen MR) is 42.1 cm³/mol. The fourth-order valence-corrected chi connectivity index (χ4v) is 1.26. The van der Waals surface area contributed by atoms with Crippen molar-refractivity contribution in [3.05, 3.63) is 24.3 Å². The van der Waals surface area contributed by atoms with Gasteiger partial charge >= 0.3 is 0 Å². The quantitative estimate of drug-likeness (QED) is 0.654. The van der Waals surface area contributed by atoms with Crippen LogP contribution in [-0.4, -0.2) is 23.1 Å². The average Bonchev–Trinajstić information content (AvgIpc) is 1.99. The Morgan fingerprint density at radius 2 is 2.09 bits per heavy atom. The fraction of sp³-hybridized carbons (Fsp3) is 0.500. The molecule has 0 amide bonds. The van der Waals surface area contributed by atoms with Gasteiger partial charge in [-0.15, -0.1) is 0 Å². The molecule has 0 radical (unpaired) electrons. The van der Waals surface area contributed by atoms with E-state index in [-0.39, 0.29) is 0 Å². The van der Waals surface area contributed by atoms with Gasteiger partial charge in [-0.1, -0.05) is 0 Å². The molecule has 2 heterocycles. The molecular weight excluding hydrogens is 138 g/mol. The van der Waals surface area contributed by atoms with Crippen molar-refractivity contribution in [2.24, 2.45) is 5.92 Å². The largest absolute Gasteiger partial charge is 0.316 e. The van der Waals surface area contributed by atoms with Gasteiger partial charge in [0.2, 0.25) is 0 Å². The van der Waals surface area contributed by atoms with Gasteiger partial charge in [-0.25, -0.2) is 9.97 Å². The Morgan fingerprint density at radius 3 is 2.64 bits per heavy atom. The lowest BCUT2D eigenvalue weighted by molar-refractivity contribution is 0.346. The van der Waals surface area contributed by atoms with Gasteiger partial charge in [0, 0.05) is 12.4 Å². The van der Waals surface area contributed by atoms with Gasteiger partial charge in [-0.2, -0.15) is 0 Å². The molecule has 1 N–H and O–H groups in total. The van der Waals surface area contributed by atoms with Gasteiger partial charge in [0.05, 0.1) is 0 Å². The van der Waals surface area contributed by atoms with Crippen LogP contribution in [0.1, 0.15) is 5.56 Å². The Hall–Kier alpha value is -0.960. The molecule has 2 rings (SSSR count). The van der Waals surface area contributed by atoms with E-state index >= 15 is 0 Å². The van der Waals surface area contributed by atoms with Gasteiger partial charge in [0.1, 0.15) is 6.33 Å². The van der Waals surface area contributed by atoms with Gasteiger partial charge < -0.3 is 5.32 Å². The minimum Gasteiger partial charge on any atom is -0.316 e. The molecule has 3 heteroatoms. The summed E-state index contributed by atoms with van der Waals surface area (Å²) in [6.07, 6.45) is 6.48. The number of hydrogen-bond acceptors (Lipinski definition) is 3. The molecule has 58 valence electrons. The molecule has 0 unspecified atom stereocenters. The molecule has 1 saturated heterocycles. The zero-order chi connectivity index (χ0) is 7.52. The molecule has 0 bridgehead atoms. The van der Waals surface area contributed by atoms with Crippen molar-refractivity contribution in [1.82, 2.24) is 15.3 Å². The Kier molecular flexibility index (Phi) is 1.81. The maximum Gasteiger partial charge on any atom is 0.115 e. The Labute approximate surface area is 65.9 Å². The first-order valence-corrected chi connectivity index (χ1v) is 3.90. The summed E-state index contributed by atoms with van der Waals surface area (Å²) < 4.78 is 0. The van der Waals surface area contributed by atoms with Crippen molar-refractivity contribution in [2.75, 3.05) is 13.1 Å². The molecule has 0 spiro atoms. The van der Waals surface area contributed by atoms with Crippen LogP contribution in [0.4, 0.5) is 0 Å². The molecule has 1 aromatic rings. The highest BCUT2D eigenvalue weighted by molar-refractivity contribution is 5.04. The lowest BCUT2D eigenvalue weighted by atomic mass is 9.96. The second-order valence-corrected chi connectivity index (χ2v) is 2.98. The van der Waals surface area contributed by atoms with E-state index in [0.717, 1.165) is 25.4 Å². The highest BCUT2D eigenvalue weighted by Crippen LogP contribution is 2.09. The first-order chi connectivity index (χ1) is 5.45. The van der Waals surface area contributed by atoms with Crippen LogP contribution < -0.4 is 5.32 Å². The van der Waals surface area contributed by atoms with Gasteiger partial charge in [0.15, 0.2) is 0 Å². The van der Waals surface area contributed by atoms with E-state index in [9.17, 15) is 0 Å². The van der Waals surface area contributed by atoms with Crippen LogP contribution in [0, 0.1) is 5.92 Å². The Morgan fingerprint density at radius 1 is 1.36 bits per heavy atom. The third-order valence-corrected chi connectivity index (χ3v) is 2.00. The van der Waals surface area contributed by atoms with Crippen LogP contribution in [0.25, 0.3) is 0 Å². The molecule has 1 fully saturated rings. The van der Waals surface area contributed by atoms with E-state index in [2.05, 4.69) is 15.3 Å². The van der Waals surface area contributed by atoms with E-state index in [4.69, 9.17) is 0 Å². The standard InChI is InChI=1S/C8H11N3/c1(7-2-9-3-7)8-4-10-6-11-5-8/h4-7,9H,1-3H2. The minimum atomic E-state index is 0.806. The summed E-state index contributed by atoms with van der Waals surface area (Å²) >= 11 is 0. The molecule has 1 aliphatic heterocycles. The molecule has 0 saturated carbocycles. The summed E-state index contributed by atoms with van der Waals surface area (Å²) in [5, 5.41) is 3.24. The fourth-order valence-electron chi connectivity index (χ4n) is 1.26. The van der Waals surface area contributed by atoms with Crippen molar-refractivity contribution in [2.45, 2.75) is 6.42 Å². The second kappa shape index (κ2) is 2.96. The normalized spacial score (nSPS) is 17.8. The summed E-state index contributed by atoms with van der Waals surface area (Å²) in [4.78, 5) is 7.93. The highest BCUT2D eigenvalue weighted by Gasteiger charge is 2.16. The molecule has 3 nitrogen and oxygen atoms in total. The molecule has 0 aromatic carbocycles. The van der Waals surface area contributed by atoms with Gasteiger partial charge in [-0.05, 0) is 31.0 Å². The summed E-state index contributed by atoms with van der Waals surface area (Å²) in [6, 6.07) is 0.